The number of halogens is 3. The van der Waals surface area contributed by atoms with E-state index >= 15 is 0 Å². The Morgan fingerprint density at radius 3 is 2.36 bits per heavy atom. The second-order valence-corrected chi connectivity index (χ2v) is 11.3. The molecule has 1 aromatic heterocycles. The topological polar surface area (TPSA) is 96.4 Å². The van der Waals surface area contributed by atoms with Crippen molar-refractivity contribution < 1.29 is 37.3 Å². The molecule has 0 bridgehead atoms. The second-order valence-electron chi connectivity index (χ2n) is 11.3. The van der Waals surface area contributed by atoms with Gasteiger partial charge in [0.1, 0.15) is 0 Å². The van der Waals surface area contributed by atoms with E-state index in [0.717, 1.165) is 87.4 Å². The van der Waals surface area contributed by atoms with E-state index in [9.17, 15) is 13.2 Å². The molecule has 3 aliphatic rings. The highest BCUT2D eigenvalue weighted by Crippen LogP contribution is 2.38. The number of nitrogens with one attached hydrogen (secondary N) is 1. The Morgan fingerprint density at radius 1 is 1.07 bits per heavy atom. The highest BCUT2D eigenvalue weighted by Gasteiger charge is 2.38. The van der Waals surface area contributed by atoms with Crippen molar-refractivity contribution in [2.24, 2.45) is 0 Å². The van der Waals surface area contributed by atoms with Gasteiger partial charge in [-0.3, -0.25) is 4.98 Å². The van der Waals surface area contributed by atoms with Gasteiger partial charge in [0.15, 0.2) is 11.5 Å². The van der Waals surface area contributed by atoms with Crippen molar-refractivity contribution in [1.82, 2.24) is 14.8 Å². The molecule has 5 rings (SSSR count). The third-order valence-electron chi connectivity index (χ3n) is 8.15. The van der Waals surface area contributed by atoms with Crippen molar-refractivity contribution in [2.45, 2.75) is 63.1 Å². The largest absolute Gasteiger partial charge is 0.493 e. The molecule has 234 valence electrons. The van der Waals surface area contributed by atoms with Crippen molar-refractivity contribution in [2.75, 3.05) is 72.0 Å². The molecule has 0 aliphatic carbocycles. The number of rotatable bonds is 9. The Labute approximate surface area is 245 Å². The molecule has 0 unspecified atom stereocenters. The summed E-state index contributed by atoms with van der Waals surface area (Å²) in [6.07, 6.45) is 2.97. The Balaban J connectivity index is 0.000000517. The van der Waals surface area contributed by atoms with Crippen LogP contribution in [-0.4, -0.2) is 105 Å². The molecule has 2 N–H and O–H groups in total. The number of carbonyl (C=O) groups is 1. The van der Waals surface area contributed by atoms with E-state index in [4.69, 9.17) is 29.1 Å². The number of aromatic nitrogens is 1. The fourth-order valence-corrected chi connectivity index (χ4v) is 5.70. The number of likely N-dealkylation sites (tertiary alicyclic amines) is 2. The summed E-state index contributed by atoms with van der Waals surface area (Å²) < 4.78 is 49.4. The number of nitrogens with zero attached hydrogens (tertiary/aromatic N) is 3. The number of pyridine rings is 1. The molecule has 4 heterocycles. The number of carboxylic acid groups (broad SMARTS) is 1. The lowest BCUT2D eigenvalue weighted by molar-refractivity contribution is -0.192. The average molecular weight is 597 g/mol. The Hall–Kier alpha value is -2.83. The quantitative estimate of drug-likeness (QED) is 0.382. The van der Waals surface area contributed by atoms with Crippen molar-refractivity contribution in [1.29, 1.82) is 0 Å². The molecule has 3 fully saturated rings. The summed E-state index contributed by atoms with van der Waals surface area (Å²) in [6.45, 7) is 8.15. The van der Waals surface area contributed by atoms with Gasteiger partial charge in [-0.25, -0.2) is 4.79 Å². The van der Waals surface area contributed by atoms with Gasteiger partial charge in [0.25, 0.3) is 0 Å². The maximum Gasteiger partial charge on any atom is 0.490 e. The predicted molar refractivity (Wildman–Crippen MR) is 155 cm³/mol. The number of carboxylic acids is 1. The predicted octanol–water partition coefficient (Wildman–Crippen LogP) is 5.14. The summed E-state index contributed by atoms with van der Waals surface area (Å²) in [5, 5.41) is 12.1. The molecule has 0 spiro atoms. The zero-order valence-electron chi connectivity index (χ0n) is 24.5. The van der Waals surface area contributed by atoms with E-state index < -0.39 is 12.1 Å². The number of ether oxygens (including phenoxy) is 3. The molecule has 3 aliphatic heterocycles. The van der Waals surface area contributed by atoms with Gasteiger partial charge in [0.05, 0.1) is 19.2 Å². The Kier molecular flexibility index (Phi) is 11.5. The fourth-order valence-electron chi connectivity index (χ4n) is 5.70. The van der Waals surface area contributed by atoms with E-state index in [1.165, 1.54) is 37.3 Å². The van der Waals surface area contributed by atoms with Crippen molar-refractivity contribution in [3.8, 4) is 11.5 Å². The first-order valence-electron chi connectivity index (χ1n) is 14.8. The molecule has 1 aromatic carbocycles. The fraction of sp³-hybridized carbons (Fsp3) is 0.667. The van der Waals surface area contributed by atoms with Crippen molar-refractivity contribution in [3.63, 3.8) is 0 Å². The normalized spacial score (nSPS) is 19.4. The molecule has 3 saturated heterocycles. The van der Waals surface area contributed by atoms with Crippen LogP contribution in [-0.2, 0) is 9.53 Å². The van der Waals surface area contributed by atoms with Gasteiger partial charge >= 0.3 is 12.1 Å². The first-order valence-corrected chi connectivity index (χ1v) is 14.8. The molecule has 0 amide bonds. The minimum absolute atomic E-state index is 0.443. The minimum atomic E-state index is -5.08. The monoisotopic (exact) mass is 596 g/mol. The Morgan fingerprint density at radius 2 is 1.74 bits per heavy atom. The van der Waals surface area contributed by atoms with Crippen LogP contribution in [0.5, 0.6) is 11.5 Å². The number of methoxy groups -OCH3 is 1. The number of alkyl halides is 3. The smallest absolute Gasteiger partial charge is 0.490 e. The maximum absolute atomic E-state index is 10.6. The standard InChI is InChI=1S/C28H42N4O3.C2HF3O2/c1-31-13-6-22(7-14-31)29-25-19-24(21-8-16-34-17-9-21)30-26-20-28(27(33-2)18-23(25)26)35-15-5-12-32-10-3-4-11-32;3-2(4,5)1(6)7/h18-22H,3-17H2,1-2H3,(H,29,30);(H,6,7). The van der Waals surface area contributed by atoms with E-state index in [2.05, 4.69) is 40.4 Å². The zero-order chi connectivity index (χ0) is 30.1. The van der Waals surface area contributed by atoms with E-state index in [-0.39, 0.29) is 0 Å². The second kappa shape index (κ2) is 15.1. The zero-order valence-corrected chi connectivity index (χ0v) is 24.5. The first kappa shape index (κ1) is 32.1. The summed E-state index contributed by atoms with van der Waals surface area (Å²) in [7, 11) is 3.94. The molecular weight excluding hydrogens is 553 g/mol. The SMILES string of the molecule is COc1cc2c(NC3CCN(C)CC3)cc(C3CCOCC3)nc2cc1OCCCN1CCCC1.O=C(O)C(F)(F)F. The van der Waals surface area contributed by atoms with Crippen LogP contribution in [0.1, 0.15) is 56.6 Å². The summed E-state index contributed by atoms with van der Waals surface area (Å²) in [5.41, 5.74) is 3.33. The molecule has 12 heteroatoms. The molecule has 0 radical (unpaired) electrons. The third kappa shape index (κ3) is 9.08. The number of aliphatic carboxylic acids is 1. The Bertz CT molecular complexity index is 1160. The van der Waals surface area contributed by atoms with Gasteiger partial charge in [-0.05, 0) is 90.3 Å². The third-order valence-corrected chi connectivity index (χ3v) is 8.15. The van der Waals surface area contributed by atoms with Gasteiger partial charge in [-0.1, -0.05) is 0 Å². The summed E-state index contributed by atoms with van der Waals surface area (Å²) in [6, 6.07) is 6.97. The van der Waals surface area contributed by atoms with Crippen molar-refractivity contribution in [3.05, 3.63) is 23.9 Å². The van der Waals surface area contributed by atoms with Crippen LogP contribution in [0.25, 0.3) is 10.9 Å². The average Bonchev–Trinajstić information content (AvgIpc) is 3.50. The van der Waals surface area contributed by atoms with Gasteiger partial charge < -0.3 is 34.4 Å². The maximum atomic E-state index is 10.6. The lowest BCUT2D eigenvalue weighted by Gasteiger charge is -2.31. The van der Waals surface area contributed by atoms with Gasteiger partial charge in [0, 0.05) is 54.6 Å². The van der Waals surface area contributed by atoms with Crippen LogP contribution in [0.2, 0.25) is 0 Å². The molecule has 0 saturated carbocycles. The number of hydrogen-bond acceptors (Lipinski definition) is 8. The summed E-state index contributed by atoms with van der Waals surface area (Å²) in [5.74, 6) is -0.736. The van der Waals surface area contributed by atoms with Crippen LogP contribution >= 0.6 is 0 Å². The number of piperidine rings is 1. The highest BCUT2D eigenvalue weighted by atomic mass is 19.4. The van der Waals surface area contributed by atoms with E-state index in [1.807, 2.05) is 0 Å². The molecule has 42 heavy (non-hydrogen) atoms. The van der Waals surface area contributed by atoms with Crippen LogP contribution in [0.15, 0.2) is 18.2 Å². The minimum Gasteiger partial charge on any atom is -0.493 e. The highest BCUT2D eigenvalue weighted by molar-refractivity contribution is 5.94. The van der Waals surface area contributed by atoms with Crippen LogP contribution < -0.4 is 14.8 Å². The molecule has 9 nitrogen and oxygen atoms in total. The van der Waals surface area contributed by atoms with E-state index in [0.29, 0.717) is 18.6 Å². The number of benzene rings is 1. The van der Waals surface area contributed by atoms with Gasteiger partial charge in [-0.15, -0.1) is 0 Å². The van der Waals surface area contributed by atoms with Gasteiger partial charge in [-0.2, -0.15) is 13.2 Å². The summed E-state index contributed by atoms with van der Waals surface area (Å²) in [4.78, 5) is 19.0. The van der Waals surface area contributed by atoms with E-state index in [1.54, 1.807) is 7.11 Å². The lowest BCUT2D eigenvalue weighted by atomic mass is 9.94. The molecule has 0 atom stereocenters. The molecular formula is C30H43F3N4O5. The number of anilines is 1. The molecule has 2 aromatic rings. The lowest BCUT2D eigenvalue weighted by Crippen LogP contribution is -2.36. The first-order chi connectivity index (χ1) is 20.1. The van der Waals surface area contributed by atoms with Crippen LogP contribution in [0.3, 0.4) is 0 Å². The summed E-state index contributed by atoms with van der Waals surface area (Å²) >= 11 is 0. The van der Waals surface area contributed by atoms with Crippen molar-refractivity contribution >= 4 is 22.6 Å². The van der Waals surface area contributed by atoms with Gasteiger partial charge in [0.2, 0.25) is 0 Å². The van der Waals surface area contributed by atoms with Crippen LogP contribution in [0, 0.1) is 0 Å². The number of hydrogen-bond donors (Lipinski definition) is 2. The van der Waals surface area contributed by atoms with Crippen LogP contribution in [0.4, 0.5) is 18.9 Å². The number of fused-ring (bicyclic) bond motifs is 1.